The lowest BCUT2D eigenvalue weighted by molar-refractivity contribution is -0.438. The molecule has 2 heterocycles. The van der Waals surface area contributed by atoms with Crippen LogP contribution in [0, 0.1) is 0 Å². The number of esters is 1. The van der Waals surface area contributed by atoms with Crippen LogP contribution in [0.15, 0.2) is 195 Å². The summed E-state index contributed by atoms with van der Waals surface area (Å²) < 4.78 is 223. The summed E-state index contributed by atoms with van der Waals surface area (Å²) in [5, 5.41) is 5.70. The highest BCUT2D eigenvalue weighted by atomic mass is 32.2. The second-order valence-corrected chi connectivity index (χ2v) is 37.6. The normalized spacial score (nSPS) is 16.0. The van der Waals surface area contributed by atoms with Crippen molar-refractivity contribution in [2.45, 2.75) is 95.6 Å². The fourth-order valence-electron chi connectivity index (χ4n) is 15.2. The lowest BCUT2D eigenvalue weighted by Gasteiger charge is -2.31. The van der Waals surface area contributed by atoms with Gasteiger partial charge in [-0.25, -0.2) is 4.79 Å². The van der Waals surface area contributed by atoms with Crippen LogP contribution in [0.3, 0.4) is 0 Å². The van der Waals surface area contributed by atoms with Gasteiger partial charge in [0, 0.05) is 123 Å². The standard InChI is InChI=1S/C90H114N3O28PS4/c1-89(36-41-113-50-53-119-59-56-116-47-44-109-3)83(28-18-8-7-9-19-29-84-90(2,37-42-114-51-54-120-60-57-117-48-45-110-4)86-77-64-72(124(100,101)102)66-82(126(106,107)108)74(77)33-35-79(86)93(84)40-43-115-52-55-121-61-58-118-49-46-111-5)92(78-34-32-73-76(85(78)89)63-71(123(97,98)99)65-81(73)125(103,104)105)39-20-12-13-22-68(94)23-21-38-91-87(95)67-30-31-75(88(96)112-6)80(62-67)122(69-24-14-10-15-25-69)70-26-16-11-17-27-70/h7-11,14-19,24-35,62-66H,12-13,20-23,36-61H2,1-6H3,(H4-,91,95,97,98,99,100,101,102,103,104,105,106,107,108)/p+1. The second kappa shape index (κ2) is 50.0. The molecular formula is C90H115N3O28PS4+. The molecule has 2 aliphatic heterocycles. The van der Waals surface area contributed by atoms with E-state index >= 15 is 0 Å². The number of nitrogens with one attached hydrogen (secondary N) is 1. The van der Waals surface area contributed by atoms with Crippen molar-refractivity contribution in [3.8, 4) is 0 Å². The van der Waals surface area contributed by atoms with Gasteiger partial charge in [-0.05, 0) is 141 Å². The number of hydrogen-bond acceptors (Lipinski definition) is 25. The Hall–Kier alpha value is -8.31. The smallest absolute Gasteiger partial charge is 0.338 e. The van der Waals surface area contributed by atoms with Crippen molar-refractivity contribution in [1.29, 1.82) is 0 Å². The highest BCUT2D eigenvalue weighted by Crippen LogP contribution is 2.54. The molecule has 2 aliphatic rings. The maximum absolute atomic E-state index is 13.9. The van der Waals surface area contributed by atoms with E-state index in [9.17, 15) is 66.3 Å². The summed E-state index contributed by atoms with van der Waals surface area (Å²) >= 11 is 0. The number of rotatable bonds is 59. The Balaban J connectivity index is 1.01. The van der Waals surface area contributed by atoms with E-state index in [1.807, 2.05) is 96.1 Å². The molecule has 2 unspecified atom stereocenters. The minimum Gasteiger partial charge on any atom is -0.465 e. The third kappa shape index (κ3) is 28.6. The Kier molecular flexibility index (Phi) is 40.3. The molecule has 31 nitrogen and oxygen atoms in total. The van der Waals surface area contributed by atoms with Gasteiger partial charge in [-0.3, -0.25) is 27.8 Å². The molecule has 0 radical (unpaired) electrons. The van der Waals surface area contributed by atoms with E-state index in [-0.39, 0.29) is 138 Å². The number of Topliss-reactive ketones (excluding diaryl/α,β-unsaturated/α-hetero) is 1. The number of allylic oxidation sites excluding steroid dienone is 8. The Labute approximate surface area is 739 Å². The average Bonchev–Trinajstić information content (AvgIpc) is 1.54. The number of nitrogens with zero attached hydrogens (tertiary/aromatic N) is 2. The molecule has 126 heavy (non-hydrogen) atoms. The van der Waals surface area contributed by atoms with Gasteiger partial charge < -0.3 is 71.8 Å². The van der Waals surface area contributed by atoms with E-state index < -0.39 is 84.8 Å². The zero-order valence-electron chi connectivity index (χ0n) is 71.9. The molecule has 0 aromatic heterocycles. The number of benzene rings is 7. The summed E-state index contributed by atoms with van der Waals surface area (Å²) in [7, 11) is -15.7. The van der Waals surface area contributed by atoms with Crippen LogP contribution in [0.5, 0.6) is 0 Å². The summed E-state index contributed by atoms with van der Waals surface area (Å²) in [5.74, 6) is -0.933. The van der Waals surface area contributed by atoms with Crippen LogP contribution < -0.4 is 26.1 Å². The SMILES string of the molecule is COCCOCCOCCOCCN1C(=CC=CC=CC=CC2=[N+](CCCCCC(=O)CCCNC(=O)c3ccc(C(=O)OC)c(P(c4ccccc4)c4ccccc4)c3)c3ccc4c(S(=O)(=O)O)cc(S(=O)(=O)O)cc4c3C2(C)CCOCCOCCOCCOC)C(C)(CCOCCOCCOCCOC)c2c1ccc1c(S(=O)(=O)O)cc(S(=O)(=O)O)cc21. The largest absolute Gasteiger partial charge is 0.465 e. The maximum atomic E-state index is 13.9. The first-order valence-corrected chi connectivity index (χ1v) is 48.5. The Morgan fingerprint density at radius 2 is 0.905 bits per heavy atom. The first kappa shape index (κ1) is 101. The monoisotopic (exact) mass is 1840 g/mol. The minimum atomic E-state index is -5.14. The van der Waals surface area contributed by atoms with E-state index in [0.29, 0.717) is 167 Å². The van der Waals surface area contributed by atoms with E-state index in [1.165, 1.54) is 31.4 Å². The number of ketones is 1. The highest BCUT2D eigenvalue weighted by Gasteiger charge is 2.50. The van der Waals surface area contributed by atoms with Crippen molar-refractivity contribution >= 4 is 121 Å². The molecule has 5 N–H and O–H groups in total. The number of anilines is 1. The Morgan fingerprint density at radius 1 is 0.452 bits per heavy atom. The van der Waals surface area contributed by atoms with E-state index in [0.717, 1.165) is 10.6 Å². The lowest BCUT2D eigenvalue weighted by Crippen LogP contribution is -2.33. The van der Waals surface area contributed by atoms with E-state index in [1.54, 1.807) is 82.0 Å². The van der Waals surface area contributed by atoms with Crippen LogP contribution in [-0.2, 0) is 118 Å². The van der Waals surface area contributed by atoms with Crippen LogP contribution in [0.2, 0.25) is 0 Å². The summed E-state index contributed by atoms with van der Waals surface area (Å²) in [6.45, 7) is 10.3. The van der Waals surface area contributed by atoms with Crippen LogP contribution in [0.4, 0.5) is 11.4 Å². The summed E-state index contributed by atoms with van der Waals surface area (Å²) in [6, 6.07) is 34.5. The predicted molar refractivity (Wildman–Crippen MR) is 478 cm³/mol. The maximum Gasteiger partial charge on any atom is 0.338 e. The fraction of sp³-hybridized carbons (Fsp3) is 0.444. The highest BCUT2D eigenvalue weighted by molar-refractivity contribution is 7.87. The van der Waals surface area contributed by atoms with Crippen molar-refractivity contribution in [2.24, 2.45) is 0 Å². The quantitative estimate of drug-likeness (QED) is 0.00590. The number of amides is 1. The fourth-order valence-corrected chi connectivity index (χ4v) is 20.3. The molecule has 0 fully saturated rings. The third-order valence-corrected chi connectivity index (χ3v) is 27.2. The first-order chi connectivity index (χ1) is 60.5. The predicted octanol–water partition coefficient (Wildman–Crippen LogP) is 10.4. The van der Waals surface area contributed by atoms with Gasteiger partial charge in [0.25, 0.3) is 46.4 Å². The molecule has 0 bridgehead atoms. The number of ether oxygens (including phenoxy) is 13. The van der Waals surface area contributed by atoms with Crippen molar-refractivity contribution < 1.29 is 132 Å². The first-order valence-electron chi connectivity index (χ1n) is 41.4. The summed E-state index contributed by atoms with van der Waals surface area (Å²) in [4.78, 5) is 39.7. The topological polar surface area (TPSA) is 407 Å². The number of hydrogen-bond donors (Lipinski definition) is 5. The van der Waals surface area contributed by atoms with Crippen molar-refractivity contribution in [3.63, 3.8) is 0 Å². The number of carbonyl (C=O) groups is 3. The lowest BCUT2D eigenvalue weighted by atomic mass is 9.75. The van der Waals surface area contributed by atoms with Gasteiger partial charge in [-0.15, -0.1) is 0 Å². The van der Waals surface area contributed by atoms with Crippen molar-refractivity contribution in [3.05, 3.63) is 198 Å². The van der Waals surface area contributed by atoms with Crippen LogP contribution in [0.25, 0.3) is 21.5 Å². The molecule has 1 amide bonds. The molecule has 2 atom stereocenters. The van der Waals surface area contributed by atoms with Crippen molar-refractivity contribution in [2.75, 3.05) is 192 Å². The van der Waals surface area contributed by atoms with E-state index in [2.05, 4.69) is 5.32 Å². The molecule has 0 saturated heterocycles. The number of methoxy groups -OCH3 is 4. The summed E-state index contributed by atoms with van der Waals surface area (Å²) in [5.41, 5.74) is 1.62. The van der Waals surface area contributed by atoms with Crippen LogP contribution in [-0.4, -0.2) is 267 Å². The minimum absolute atomic E-state index is 0.0195. The molecule has 686 valence electrons. The zero-order chi connectivity index (χ0) is 90.8. The molecule has 36 heteroatoms. The molecule has 9 rings (SSSR count). The Morgan fingerprint density at radius 3 is 1.40 bits per heavy atom. The van der Waals surface area contributed by atoms with Gasteiger partial charge in [-0.1, -0.05) is 97.1 Å². The second-order valence-electron chi connectivity index (χ2n) is 29.8. The third-order valence-electron chi connectivity index (χ3n) is 21.3. The molecule has 0 spiro atoms. The van der Waals surface area contributed by atoms with Gasteiger partial charge >= 0.3 is 5.97 Å². The van der Waals surface area contributed by atoms with Gasteiger partial charge in [0.1, 0.15) is 22.1 Å². The van der Waals surface area contributed by atoms with Crippen molar-refractivity contribution in [1.82, 2.24) is 5.32 Å². The van der Waals surface area contributed by atoms with Gasteiger partial charge in [-0.2, -0.15) is 38.2 Å². The number of carbonyl (C=O) groups excluding carboxylic acids is 3. The van der Waals surface area contributed by atoms with Gasteiger partial charge in [0.2, 0.25) is 5.69 Å². The molecule has 0 saturated carbocycles. The van der Waals surface area contributed by atoms with Gasteiger partial charge in [0.05, 0.1) is 153 Å². The van der Waals surface area contributed by atoms with Crippen LogP contribution >= 0.6 is 7.92 Å². The average molecular weight is 1850 g/mol. The zero-order valence-corrected chi connectivity index (χ0v) is 76.0. The van der Waals surface area contributed by atoms with E-state index in [4.69, 9.17) is 61.6 Å². The number of fused-ring (bicyclic) bond motifs is 6. The number of unbranched alkanes of at least 4 members (excludes halogenated alkanes) is 2. The summed E-state index contributed by atoms with van der Waals surface area (Å²) in [6.07, 6.45) is 15.2. The van der Waals surface area contributed by atoms with Crippen LogP contribution in [0.1, 0.15) is 97.1 Å². The Bertz CT molecular complexity index is 5410. The van der Waals surface area contributed by atoms with Gasteiger partial charge in [0.15, 0.2) is 5.71 Å². The molecular weight excluding hydrogens is 1730 g/mol. The molecule has 7 aromatic carbocycles. The molecule has 7 aromatic rings. The molecule has 0 aliphatic carbocycles.